The molecule has 143 heavy (non-hydrogen) atoms. The Kier molecular flexibility index (Phi) is 30.3. The molecule has 0 unspecified atom stereocenters. The van der Waals surface area contributed by atoms with Crippen LogP contribution < -0.4 is 56.8 Å². The van der Waals surface area contributed by atoms with Crippen LogP contribution in [0.15, 0.2) is 442 Å². The van der Waals surface area contributed by atoms with Gasteiger partial charge in [0.25, 0.3) is 0 Å². The minimum atomic E-state index is -3.80. The number of rotatable bonds is 31. The van der Waals surface area contributed by atoms with Crippen LogP contribution in [0.1, 0.15) is 82.9 Å². The van der Waals surface area contributed by atoms with Gasteiger partial charge in [-0.3, -0.25) is 14.4 Å². The number of methoxy groups -OCH3 is 3. The zero-order valence-electron chi connectivity index (χ0n) is 77.3. The van der Waals surface area contributed by atoms with Crippen LogP contribution in [0.3, 0.4) is 0 Å². The third-order valence-corrected chi connectivity index (χ3v) is 27.6. The average molecular weight is 1960 g/mol. The normalized spacial score (nSPS) is 11.1. The molecule has 0 bridgehead atoms. The SMILES string of the molecule is COc1ccc(-c2ccc(OC(=O)c3ccc(Oc4ccc(S(=O)(=O)c5ccc(Oc6ccc(C(C)=O)cc6)cc5)cc4)cc3)cc2)cc1.COc1ccc2cc(OC(=O)c3ccc(Oc4ccc(S(=O)(=O)c5ccc(Oc6ccc(C(C)=O)cc6)cc5)cc4)cc3)ccc2c1.COc1cccc2c(OC(=O)c3ccc(Oc4ccc(S(=O)(=O)c5ccc(Oc6ccc(C(C)=O)cc6)cc5)cc4)cc3)cccc12. The molecule has 0 N–H and O–H groups in total. The predicted molar refractivity (Wildman–Crippen MR) is 538 cm³/mol. The molecule has 0 saturated heterocycles. The van der Waals surface area contributed by atoms with E-state index in [1.807, 2.05) is 84.9 Å². The molecule has 0 radical (unpaired) electrons. The first kappa shape index (κ1) is 98.0. The fourth-order valence-corrected chi connectivity index (χ4v) is 18.3. The second-order valence-corrected chi connectivity index (χ2v) is 37.7. The van der Waals surface area contributed by atoms with Gasteiger partial charge in [0.15, 0.2) is 17.3 Å². The smallest absolute Gasteiger partial charge is 0.343 e. The maximum Gasteiger partial charge on any atom is 0.343 e. The molecule has 18 aromatic rings. The predicted octanol–water partition coefficient (Wildman–Crippen LogP) is 26.6. The van der Waals surface area contributed by atoms with E-state index in [-0.39, 0.29) is 46.7 Å². The van der Waals surface area contributed by atoms with E-state index in [9.17, 15) is 54.0 Å². The standard InChI is InChI=1S/C40H30O8S.2C38H28O8S/c1-27(41)28-3-13-33(14-4-28)46-35-19-23-38(24-20-35)49(43,44)39-25-21-36(22-26-39)47-34-17-9-31(10-18-34)40(42)48-37-15-7-30(8-16-37)29-5-11-32(45-2)12-6-29;1-25(39)26-3-9-30(10-4-26)44-32-15-19-36(20-16-32)47(41,42)37-21-17-33(18-22-37)45-31-11-5-27(6-12-31)38(40)46-35-14-8-28-23-34(43-2)13-7-29(28)24-35;1-25(39)26-9-13-28(14-10-26)44-30-17-21-32(22-18-30)47(41,42)33-23-19-31(20-24-33)45-29-15-11-27(12-16-29)38(40)46-37-8-4-5-34-35(37)6-3-7-36(34)43-2/h3-26H,1-2H3;2*3-24H,1-2H3. The Balaban J connectivity index is 0.000000154. The van der Waals surface area contributed by atoms with Crippen LogP contribution in [0, 0.1) is 0 Å². The highest BCUT2D eigenvalue weighted by Gasteiger charge is 2.24. The Morgan fingerprint density at radius 1 is 0.189 bits per heavy atom. The summed E-state index contributed by atoms with van der Waals surface area (Å²) >= 11 is 0. The molecule has 0 aliphatic rings. The number of ether oxygens (including phenoxy) is 12. The molecular weight excluding hydrogens is 1870 g/mol. The van der Waals surface area contributed by atoms with Gasteiger partial charge in [-0.25, -0.2) is 39.6 Å². The van der Waals surface area contributed by atoms with Crippen molar-refractivity contribution in [1.82, 2.24) is 0 Å². The molecule has 0 aliphatic heterocycles. The lowest BCUT2D eigenvalue weighted by molar-refractivity contribution is 0.0725. The number of benzene rings is 18. The van der Waals surface area contributed by atoms with Crippen molar-refractivity contribution < 1.29 is 111 Å². The van der Waals surface area contributed by atoms with E-state index in [1.54, 1.807) is 276 Å². The van der Waals surface area contributed by atoms with Gasteiger partial charge in [0, 0.05) is 27.5 Å². The van der Waals surface area contributed by atoms with Gasteiger partial charge in [-0.05, 0) is 395 Å². The average Bonchev–Trinajstić information content (AvgIpc) is 0.810. The number of hydrogen-bond donors (Lipinski definition) is 0. The van der Waals surface area contributed by atoms with Crippen molar-refractivity contribution in [1.29, 1.82) is 0 Å². The summed E-state index contributed by atoms with van der Waals surface area (Å²) in [5.41, 5.74) is 4.73. The van der Waals surface area contributed by atoms with Crippen molar-refractivity contribution in [2.75, 3.05) is 21.3 Å². The Hall–Kier alpha value is -18.1. The van der Waals surface area contributed by atoms with E-state index in [0.29, 0.717) is 125 Å². The first-order valence-electron chi connectivity index (χ1n) is 44.2. The van der Waals surface area contributed by atoms with Gasteiger partial charge in [-0.1, -0.05) is 60.7 Å². The number of carbonyl (C=O) groups is 6. The fraction of sp³-hybridized carbons (Fsp3) is 0.0517. The van der Waals surface area contributed by atoms with Crippen molar-refractivity contribution in [3.05, 3.63) is 446 Å². The van der Waals surface area contributed by atoms with Crippen molar-refractivity contribution in [2.24, 2.45) is 0 Å². The first-order chi connectivity index (χ1) is 69.1. The molecule has 0 aromatic heterocycles. The summed E-state index contributed by atoms with van der Waals surface area (Å²) in [6, 6.07) is 113. The second kappa shape index (κ2) is 44.2. The fourth-order valence-electron chi connectivity index (χ4n) is 14.5. The number of fused-ring (bicyclic) bond motifs is 2. The zero-order chi connectivity index (χ0) is 100. The highest BCUT2D eigenvalue weighted by atomic mass is 32.2. The number of carbonyl (C=O) groups excluding carboxylic acids is 6. The van der Waals surface area contributed by atoms with E-state index >= 15 is 0 Å². The summed E-state index contributed by atoms with van der Waals surface area (Å²) in [5, 5.41) is 3.47. The van der Waals surface area contributed by atoms with Crippen LogP contribution in [-0.4, -0.2) is 81.8 Å². The number of sulfone groups is 3. The molecular formula is C116H86O24S3. The second-order valence-electron chi connectivity index (χ2n) is 31.9. The Morgan fingerprint density at radius 3 is 0.664 bits per heavy atom. The minimum Gasteiger partial charge on any atom is -0.497 e. The molecule has 18 aromatic carbocycles. The molecule has 0 saturated carbocycles. The highest BCUT2D eigenvalue weighted by molar-refractivity contribution is 7.92. The summed E-state index contributed by atoms with van der Waals surface area (Å²) in [4.78, 5) is 73.4. The molecule has 0 aliphatic carbocycles. The number of Topliss-reactive ketones (excluding diaryl/α,β-unsaturated/α-hetero) is 3. The molecule has 0 fully saturated rings. The van der Waals surface area contributed by atoms with Crippen molar-refractivity contribution in [3.8, 4) is 115 Å². The van der Waals surface area contributed by atoms with E-state index < -0.39 is 47.4 Å². The van der Waals surface area contributed by atoms with Crippen LogP contribution in [0.2, 0.25) is 0 Å². The summed E-state index contributed by atoms with van der Waals surface area (Å²) in [6.45, 7) is 4.46. The van der Waals surface area contributed by atoms with E-state index in [4.69, 9.17) is 56.8 Å². The maximum absolute atomic E-state index is 13.2. The van der Waals surface area contributed by atoms with Crippen LogP contribution >= 0.6 is 0 Å². The van der Waals surface area contributed by atoms with E-state index in [2.05, 4.69) is 0 Å². The lowest BCUT2D eigenvalue weighted by Crippen LogP contribution is -2.08. The van der Waals surface area contributed by atoms with Crippen molar-refractivity contribution >= 4 is 86.3 Å². The molecule has 0 amide bonds. The molecule has 0 heterocycles. The largest absolute Gasteiger partial charge is 0.497 e. The van der Waals surface area contributed by atoms with Crippen LogP contribution in [0.5, 0.6) is 103 Å². The van der Waals surface area contributed by atoms with Gasteiger partial charge < -0.3 is 56.8 Å². The summed E-state index contributed by atoms with van der Waals surface area (Å²) in [6.07, 6.45) is 0. The summed E-state index contributed by atoms with van der Waals surface area (Å²) in [7, 11) is -6.58. The van der Waals surface area contributed by atoms with Crippen LogP contribution in [0.4, 0.5) is 0 Å². The summed E-state index contributed by atoms with van der Waals surface area (Å²) < 4.78 is 147. The minimum absolute atomic E-state index is 0.0421. The molecule has 0 spiro atoms. The highest BCUT2D eigenvalue weighted by Crippen LogP contribution is 2.39. The summed E-state index contributed by atoms with van der Waals surface area (Å²) in [5.74, 6) is 7.37. The lowest BCUT2D eigenvalue weighted by Gasteiger charge is -2.11. The van der Waals surface area contributed by atoms with Gasteiger partial charge in [0.2, 0.25) is 29.5 Å². The van der Waals surface area contributed by atoms with Gasteiger partial charge in [-0.15, -0.1) is 0 Å². The van der Waals surface area contributed by atoms with Gasteiger partial charge >= 0.3 is 17.9 Å². The zero-order valence-corrected chi connectivity index (χ0v) is 79.7. The molecule has 0 atom stereocenters. The monoisotopic (exact) mass is 1960 g/mol. The van der Waals surface area contributed by atoms with Gasteiger partial charge in [-0.2, -0.15) is 0 Å². The molecule has 18 rings (SSSR count). The third-order valence-electron chi connectivity index (χ3n) is 22.3. The topological polar surface area (TPSA) is 316 Å². The third kappa shape index (κ3) is 24.6. The van der Waals surface area contributed by atoms with Crippen LogP contribution in [-0.2, 0) is 29.5 Å². The molecule has 24 nitrogen and oxygen atoms in total. The Labute approximate surface area is 823 Å². The first-order valence-corrected chi connectivity index (χ1v) is 48.6. The van der Waals surface area contributed by atoms with E-state index in [1.165, 1.54) is 93.6 Å². The number of esters is 3. The number of ketones is 3. The van der Waals surface area contributed by atoms with Crippen molar-refractivity contribution in [3.63, 3.8) is 0 Å². The Bertz CT molecular complexity index is 8040. The van der Waals surface area contributed by atoms with Crippen LogP contribution in [0.25, 0.3) is 32.7 Å². The molecule has 712 valence electrons. The van der Waals surface area contributed by atoms with E-state index in [0.717, 1.165) is 44.2 Å². The number of hydrogen-bond acceptors (Lipinski definition) is 24. The quantitative estimate of drug-likeness (QED) is 0.0221. The van der Waals surface area contributed by atoms with Gasteiger partial charge in [0.1, 0.15) is 103 Å². The Morgan fingerprint density at radius 2 is 0.399 bits per heavy atom. The maximum atomic E-state index is 13.2. The lowest BCUT2D eigenvalue weighted by atomic mass is 10.1. The molecule has 27 heteroatoms. The van der Waals surface area contributed by atoms with Crippen molar-refractivity contribution in [2.45, 2.75) is 50.1 Å². The van der Waals surface area contributed by atoms with Gasteiger partial charge in [0.05, 0.1) is 67.4 Å².